The predicted octanol–water partition coefficient (Wildman–Crippen LogP) is 3.47. The van der Waals surface area contributed by atoms with Gasteiger partial charge in [-0.1, -0.05) is 48.5 Å². The van der Waals surface area contributed by atoms with Crippen LogP contribution in [0.3, 0.4) is 0 Å². The van der Waals surface area contributed by atoms with Crippen LogP contribution in [0.5, 0.6) is 0 Å². The van der Waals surface area contributed by atoms with Gasteiger partial charge >= 0.3 is 0 Å². The van der Waals surface area contributed by atoms with E-state index in [2.05, 4.69) is 38.5 Å². The average Bonchev–Trinajstić information content (AvgIpc) is 2.79. The quantitative estimate of drug-likeness (QED) is 0.415. The van der Waals surface area contributed by atoms with E-state index in [0.717, 1.165) is 48.4 Å². The molecule has 0 radical (unpaired) electrons. The third kappa shape index (κ3) is 7.18. The molecule has 0 aliphatic rings. The number of hydrogen-bond donors (Lipinski definition) is 2. The zero-order chi connectivity index (χ0) is 23.8. The van der Waals surface area contributed by atoms with Crippen molar-refractivity contribution in [1.29, 1.82) is 0 Å². The molecule has 2 N–H and O–H groups in total. The fraction of sp³-hybridized carbons (Fsp3) is 0.462. The van der Waals surface area contributed by atoms with Gasteiger partial charge in [0.2, 0.25) is 0 Å². The Balaban J connectivity index is 1.97. The summed E-state index contributed by atoms with van der Waals surface area (Å²) in [6.45, 7) is 11.7. The van der Waals surface area contributed by atoms with Gasteiger partial charge in [0.25, 0.3) is 11.8 Å². The number of quaternary nitrogens is 2. The number of carbonyl (C=O) groups is 2. The maximum Gasteiger partial charge on any atom is 0.269 e. The van der Waals surface area contributed by atoms with Gasteiger partial charge in [0, 0.05) is 0 Å². The Morgan fingerprint density at radius 3 is 1.12 bits per heavy atom. The molecule has 2 rings (SSSR count). The third-order valence-corrected chi connectivity index (χ3v) is 6.55. The standard InChI is InChI=1S/C26H38N4O2/c1-7-29(5,8-2)27-25(31)19-21-11-15-23(16-12-21)24-17-13-22(14-18-24)20-26(32)28-30(6,9-3)10-4/h11-18H,7-10,19-20H2,1-6H3/p+2. The minimum atomic E-state index is 0.0347. The van der Waals surface area contributed by atoms with Crippen molar-refractivity contribution >= 4 is 11.8 Å². The van der Waals surface area contributed by atoms with E-state index in [0.29, 0.717) is 22.0 Å². The minimum absolute atomic E-state index is 0.0347. The second kappa shape index (κ2) is 11.2. The summed E-state index contributed by atoms with van der Waals surface area (Å²) in [5.41, 5.74) is 10.4. The van der Waals surface area contributed by atoms with Gasteiger partial charge in [-0.25, -0.2) is 20.0 Å². The first-order valence-electron chi connectivity index (χ1n) is 11.7. The van der Waals surface area contributed by atoms with Gasteiger partial charge in [0.15, 0.2) is 0 Å². The number of carbonyl (C=O) groups excluding carboxylic acids is 2. The Labute approximate surface area is 193 Å². The Kier molecular flexibility index (Phi) is 8.99. The molecule has 0 atom stereocenters. The highest BCUT2D eigenvalue weighted by Crippen LogP contribution is 2.21. The number of amides is 2. The molecule has 0 aliphatic heterocycles. The topological polar surface area (TPSA) is 58.2 Å². The van der Waals surface area contributed by atoms with Gasteiger partial charge in [-0.05, 0) is 49.9 Å². The van der Waals surface area contributed by atoms with Crippen LogP contribution < -0.4 is 10.9 Å². The van der Waals surface area contributed by atoms with Gasteiger partial charge in [0.1, 0.15) is 0 Å². The van der Waals surface area contributed by atoms with Crippen LogP contribution in [0.15, 0.2) is 48.5 Å². The van der Waals surface area contributed by atoms with Crippen LogP contribution in [0.25, 0.3) is 11.1 Å². The minimum Gasteiger partial charge on any atom is -0.270 e. The SMILES string of the molecule is CC[N+](C)(CC)NC(=O)Cc1ccc(-c2ccc(CC(=O)N[N+](C)(CC)CC)cc2)cc1. The largest absolute Gasteiger partial charge is 0.270 e. The van der Waals surface area contributed by atoms with E-state index in [4.69, 9.17) is 0 Å². The van der Waals surface area contributed by atoms with E-state index in [-0.39, 0.29) is 11.8 Å². The van der Waals surface area contributed by atoms with E-state index in [1.54, 1.807) is 0 Å². The predicted molar refractivity (Wildman–Crippen MR) is 130 cm³/mol. The molecule has 6 heteroatoms. The van der Waals surface area contributed by atoms with E-state index in [1.165, 1.54) is 0 Å². The highest BCUT2D eigenvalue weighted by molar-refractivity contribution is 5.78. The van der Waals surface area contributed by atoms with Crippen LogP contribution in [0, 0.1) is 0 Å². The van der Waals surface area contributed by atoms with E-state index < -0.39 is 0 Å². The summed E-state index contributed by atoms with van der Waals surface area (Å²) in [7, 11) is 4.05. The molecule has 0 saturated carbocycles. The van der Waals surface area contributed by atoms with Crippen molar-refractivity contribution in [1.82, 2.24) is 10.9 Å². The molecular weight excluding hydrogens is 400 g/mol. The number of benzene rings is 2. The van der Waals surface area contributed by atoms with Crippen LogP contribution in [-0.2, 0) is 22.4 Å². The maximum absolute atomic E-state index is 12.4. The Bertz CT molecular complexity index is 808. The van der Waals surface area contributed by atoms with Crippen LogP contribution in [0.4, 0.5) is 0 Å². The average molecular weight is 441 g/mol. The summed E-state index contributed by atoms with van der Waals surface area (Å²) >= 11 is 0. The lowest BCUT2D eigenvalue weighted by atomic mass is 10.0. The molecule has 0 unspecified atom stereocenters. The monoisotopic (exact) mass is 440 g/mol. The lowest BCUT2D eigenvalue weighted by molar-refractivity contribution is -0.940. The van der Waals surface area contributed by atoms with E-state index in [1.807, 2.05) is 62.6 Å². The molecule has 32 heavy (non-hydrogen) atoms. The maximum atomic E-state index is 12.4. The number of hydrogen-bond acceptors (Lipinski definition) is 2. The van der Waals surface area contributed by atoms with Crippen molar-refractivity contribution in [2.75, 3.05) is 40.3 Å². The lowest BCUT2D eigenvalue weighted by Gasteiger charge is -2.31. The molecule has 2 aromatic rings. The molecule has 6 nitrogen and oxygen atoms in total. The number of rotatable bonds is 11. The first-order chi connectivity index (χ1) is 15.2. The molecule has 0 heterocycles. The first kappa shape index (κ1) is 25.6. The fourth-order valence-corrected chi connectivity index (χ4v) is 3.45. The van der Waals surface area contributed by atoms with Crippen LogP contribution in [0.1, 0.15) is 38.8 Å². The smallest absolute Gasteiger partial charge is 0.269 e. The molecule has 0 aliphatic carbocycles. The summed E-state index contributed by atoms with van der Waals surface area (Å²) in [5, 5.41) is 0. The normalized spacial score (nSPS) is 11.8. The van der Waals surface area contributed by atoms with Gasteiger partial charge in [-0.15, -0.1) is 0 Å². The third-order valence-electron chi connectivity index (χ3n) is 6.55. The molecule has 0 fully saturated rings. The second-order valence-corrected chi connectivity index (χ2v) is 8.87. The zero-order valence-electron chi connectivity index (χ0n) is 20.6. The molecule has 174 valence electrons. The summed E-state index contributed by atoms with van der Waals surface area (Å²) in [4.78, 5) is 24.8. The van der Waals surface area contributed by atoms with Gasteiger partial charge in [0.05, 0.1) is 53.1 Å². The van der Waals surface area contributed by atoms with Gasteiger partial charge in [-0.3, -0.25) is 9.59 Å². The Morgan fingerprint density at radius 1 is 0.594 bits per heavy atom. The summed E-state index contributed by atoms with van der Waals surface area (Å²) in [6.07, 6.45) is 0.740. The van der Waals surface area contributed by atoms with Crippen molar-refractivity contribution in [3.8, 4) is 11.1 Å². The van der Waals surface area contributed by atoms with Crippen molar-refractivity contribution in [2.45, 2.75) is 40.5 Å². The molecular formula is C26H40N4O2+2. The number of nitrogens with one attached hydrogen (secondary N) is 2. The van der Waals surface area contributed by atoms with Crippen LogP contribution in [-0.4, -0.2) is 61.3 Å². The molecule has 2 amide bonds. The highest BCUT2D eigenvalue weighted by Gasteiger charge is 2.21. The van der Waals surface area contributed by atoms with Crippen LogP contribution >= 0.6 is 0 Å². The van der Waals surface area contributed by atoms with E-state index in [9.17, 15) is 9.59 Å². The van der Waals surface area contributed by atoms with Gasteiger partial charge in [-0.2, -0.15) is 0 Å². The molecule has 0 bridgehead atoms. The fourth-order valence-electron chi connectivity index (χ4n) is 3.45. The summed E-state index contributed by atoms with van der Waals surface area (Å²) in [6, 6.07) is 16.2. The Morgan fingerprint density at radius 2 is 0.875 bits per heavy atom. The van der Waals surface area contributed by atoms with Crippen molar-refractivity contribution in [3.63, 3.8) is 0 Å². The molecule has 0 saturated heterocycles. The first-order valence-corrected chi connectivity index (χ1v) is 11.7. The number of nitrogens with zero attached hydrogens (tertiary/aromatic N) is 2. The van der Waals surface area contributed by atoms with Crippen LogP contribution in [0.2, 0.25) is 0 Å². The summed E-state index contributed by atoms with van der Waals surface area (Å²) in [5.74, 6) is 0.0693. The van der Waals surface area contributed by atoms with Crippen molar-refractivity contribution < 1.29 is 18.8 Å². The highest BCUT2D eigenvalue weighted by atomic mass is 16.2. The lowest BCUT2D eigenvalue weighted by Crippen LogP contribution is -2.57. The second-order valence-electron chi connectivity index (χ2n) is 8.87. The van der Waals surface area contributed by atoms with Gasteiger partial charge < -0.3 is 0 Å². The Hall–Kier alpha value is -2.70. The van der Waals surface area contributed by atoms with Crippen molar-refractivity contribution in [2.24, 2.45) is 0 Å². The zero-order valence-corrected chi connectivity index (χ0v) is 20.6. The summed E-state index contributed by atoms with van der Waals surface area (Å²) < 4.78 is 1.08. The molecule has 0 spiro atoms. The van der Waals surface area contributed by atoms with Crippen molar-refractivity contribution in [3.05, 3.63) is 59.7 Å². The van der Waals surface area contributed by atoms with E-state index >= 15 is 0 Å². The molecule has 0 aromatic heterocycles. The molecule has 2 aromatic carbocycles.